The minimum atomic E-state index is -0.00464. The summed E-state index contributed by atoms with van der Waals surface area (Å²) in [4.78, 5) is 16.8. The summed E-state index contributed by atoms with van der Waals surface area (Å²) in [5.74, 6) is 1.72. The molecule has 3 nitrogen and oxygen atoms in total. The highest BCUT2D eigenvalue weighted by atomic mass is 16.6. The summed E-state index contributed by atoms with van der Waals surface area (Å²) < 4.78 is 5.56. The third kappa shape index (κ3) is 3.43. The fourth-order valence-electron chi connectivity index (χ4n) is 4.83. The Balaban J connectivity index is 1.55. The molecule has 1 aromatic heterocycles. The number of pyridine rings is 1. The summed E-state index contributed by atoms with van der Waals surface area (Å²) in [6, 6.07) is 14.5. The highest BCUT2D eigenvalue weighted by molar-refractivity contribution is 5.75. The molecule has 2 fully saturated rings. The van der Waals surface area contributed by atoms with Gasteiger partial charge in [-0.05, 0) is 48.8 Å². The van der Waals surface area contributed by atoms with Gasteiger partial charge in [0.05, 0.1) is 11.6 Å². The SMILES string of the molecule is CC1C[C@H]2C(=O)O[C@H](C)[C@H]2[C@@H](/C=C/c2ccc(-c3ccccc3)cn2)[C@@H]1C. The Bertz CT molecular complexity index is 827. The molecule has 2 heterocycles. The van der Waals surface area contributed by atoms with E-state index in [0.717, 1.165) is 17.7 Å². The topological polar surface area (TPSA) is 39.2 Å². The molecule has 27 heavy (non-hydrogen) atoms. The van der Waals surface area contributed by atoms with E-state index in [-0.39, 0.29) is 23.9 Å². The summed E-state index contributed by atoms with van der Waals surface area (Å²) in [6.07, 6.45) is 7.25. The van der Waals surface area contributed by atoms with Crippen LogP contribution in [0.4, 0.5) is 0 Å². The minimum absolute atomic E-state index is 0.000478. The average molecular weight is 361 g/mol. The zero-order valence-electron chi connectivity index (χ0n) is 16.2. The van der Waals surface area contributed by atoms with Crippen molar-refractivity contribution < 1.29 is 9.53 Å². The quantitative estimate of drug-likeness (QED) is 0.703. The second-order valence-electron chi connectivity index (χ2n) is 8.17. The lowest BCUT2D eigenvalue weighted by Crippen LogP contribution is -2.39. The van der Waals surface area contributed by atoms with Gasteiger partial charge in [-0.15, -0.1) is 0 Å². The molecule has 1 saturated carbocycles. The van der Waals surface area contributed by atoms with Crippen LogP contribution < -0.4 is 0 Å². The van der Waals surface area contributed by atoms with E-state index in [1.165, 1.54) is 5.56 Å². The minimum Gasteiger partial charge on any atom is -0.462 e. The first-order valence-corrected chi connectivity index (χ1v) is 9.95. The van der Waals surface area contributed by atoms with E-state index in [1.54, 1.807) is 0 Å². The average Bonchev–Trinajstić information content (AvgIpc) is 2.96. The standard InChI is InChI=1S/C24H27NO2/c1-15-13-22-23(17(3)27-24(22)26)21(16(15)2)12-11-20-10-9-19(14-25-20)18-7-5-4-6-8-18/h4-12,14-17,21-23H,13H2,1-3H3/b12-11+/t15?,16-,17-,21+,22-,23+/m1/s1. The number of cyclic esters (lactones) is 1. The molecule has 1 aliphatic heterocycles. The maximum absolute atomic E-state index is 12.2. The summed E-state index contributed by atoms with van der Waals surface area (Å²) in [5.41, 5.74) is 3.25. The number of ether oxygens (including phenoxy) is 1. The summed E-state index contributed by atoms with van der Waals surface area (Å²) in [5, 5.41) is 0. The van der Waals surface area contributed by atoms with Gasteiger partial charge >= 0.3 is 5.97 Å². The van der Waals surface area contributed by atoms with Crippen molar-refractivity contribution in [3.63, 3.8) is 0 Å². The van der Waals surface area contributed by atoms with Gasteiger partial charge in [0, 0.05) is 17.7 Å². The van der Waals surface area contributed by atoms with Gasteiger partial charge in [-0.1, -0.05) is 56.3 Å². The van der Waals surface area contributed by atoms with Crippen LogP contribution in [0.1, 0.15) is 32.9 Å². The van der Waals surface area contributed by atoms with Crippen LogP contribution in [0.15, 0.2) is 54.7 Å². The predicted molar refractivity (Wildman–Crippen MR) is 108 cm³/mol. The molecule has 1 aromatic carbocycles. The van der Waals surface area contributed by atoms with E-state index in [4.69, 9.17) is 4.74 Å². The monoisotopic (exact) mass is 361 g/mol. The molecule has 1 aliphatic carbocycles. The van der Waals surface area contributed by atoms with E-state index in [9.17, 15) is 4.79 Å². The zero-order chi connectivity index (χ0) is 19.0. The Kier molecular flexibility index (Phi) is 4.86. The molecule has 0 bridgehead atoms. The van der Waals surface area contributed by atoms with Gasteiger partial charge in [0.15, 0.2) is 0 Å². The van der Waals surface area contributed by atoms with E-state index < -0.39 is 0 Å². The van der Waals surface area contributed by atoms with Crippen molar-refractivity contribution in [1.29, 1.82) is 0 Å². The first-order valence-electron chi connectivity index (χ1n) is 9.95. The maximum Gasteiger partial charge on any atom is 0.309 e. The van der Waals surface area contributed by atoms with Gasteiger partial charge in [-0.2, -0.15) is 0 Å². The smallest absolute Gasteiger partial charge is 0.309 e. The third-order valence-corrected chi connectivity index (χ3v) is 6.57. The van der Waals surface area contributed by atoms with Gasteiger partial charge in [-0.3, -0.25) is 9.78 Å². The molecule has 1 saturated heterocycles. The second kappa shape index (κ2) is 7.30. The Morgan fingerprint density at radius 3 is 2.52 bits per heavy atom. The largest absolute Gasteiger partial charge is 0.462 e. The molecule has 2 aromatic rings. The van der Waals surface area contributed by atoms with Crippen molar-refractivity contribution in [2.45, 2.75) is 33.3 Å². The molecule has 140 valence electrons. The van der Waals surface area contributed by atoms with Crippen LogP contribution in [0.25, 0.3) is 17.2 Å². The normalized spacial score (nSPS) is 33.1. The number of benzene rings is 1. The molecule has 0 radical (unpaired) electrons. The number of esters is 1. The number of hydrogen-bond acceptors (Lipinski definition) is 3. The molecule has 1 unspecified atom stereocenters. The molecule has 0 amide bonds. The molecule has 4 rings (SSSR count). The van der Waals surface area contributed by atoms with Crippen molar-refractivity contribution in [3.05, 3.63) is 60.4 Å². The number of nitrogens with zero attached hydrogens (tertiary/aromatic N) is 1. The number of hydrogen-bond donors (Lipinski definition) is 0. The summed E-state index contributed by atoms with van der Waals surface area (Å²) in [6.45, 7) is 6.60. The van der Waals surface area contributed by atoms with Crippen molar-refractivity contribution in [1.82, 2.24) is 4.98 Å². The molecule has 0 spiro atoms. The van der Waals surface area contributed by atoms with Crippen LogP contribution in [-0.4, -0.2) is 17.1 Å². The van der Waals surface area contributed by atoms with Gasteiger partial charge in [0.1, 0.15) is 6.10 Å². The van der Waals surface area contributed by atoms with Crippen molar-refractivity contribution in [3.8, 4) is 11.1 Å². The van der Waals surface area contributed by atoms with Crippen molar-refractivity contribution in [2.75, 3.05) is 0 Å². The van der Waals surface area contributed by atoms with Crippen LogP contribution in [-0.2, 0) is 9.53 Å². The zero-order valence-corrected chi connectivity index (χ0v) is 16.2. The lowest BCUT2D eigenvalue weighted by Gasteiger charge is -2.40. The number of rotatable bonds is 3. The first-order chi connectivity index (χ1) is 13.0. The van der Waals surface area contributed by atoms with Crippen molar-refractivity contribution >= 4 is 12.0 Å². The van der Waals surface area contributed by atoms with E-state index >= 15 is 0 Å². The van der Waals surface area contributed by atoms with E-state index in [2.05, 4.69) is 55.2 Å². The summed E-state index contributed by atoms with van der Waals surface area (Å²) in [7, 11) is 0. The van der Waals surface area contributed by atoms with Crippen LogP contribution >= 0.6 is 0 Å². The third-order valence-electron chi connectivity index (χ3n) is 6.57. The Morgan fingerprint density at radius 1 is 1.04 bits per heavy atom. The van der Waals surface area contributed by atoms with Gasteiger partial charge in [-0.25, -0.2) is 0 Å². The first kappa shape index (κ1) is 18.0. The van der Waals surface area contributed by atoms with Gasteiger partial charge in [0.2, 0.25) is 0 Å². The highest BCUT2D eigenvalue weighted by Crippen LogP contribution is 2.48. The fourth-order valence-corrected chi connectivity index (χ4v) is 4.83. The number of fused-ring (bicyclic) bond motifs is 1. The summed E-state index contributed by atoms with van der Waals surface area (Å²) >= 11 is 0. The van der Waals surface area contributed by atoms with Crippen LogP contribution in [0.3, 0.4) is 0 Å². The maximum atomic E-state index is 12.2. The van der Waals surface area contributed by atoms with Gasteiger partial charge in [0.25, 0.3) is 0 Å². The Labute approximate surface area is 161 Å². The molecule has 6 atom stereocenters. The van der Waals surface area contributed by atoms with E-state index in [0.29, 0.717) is 17.8 Å². The van der Waals surface area contributed by atoms with Crippen LogP contribution in [0.2, 0.25) is 0 Å². The highest BCUT2D eigenvalue weighted by Gasteiger charge is 2.51. The van der Waals surface area contributed by atoms with Gasteiger partial charge < -0.3 is 4.74 Å². The Hall–Kier alpha value is -2.42. The van der Waals surface area contributed by atoms with Crippen LogP contribution in [0.5, 0.6) is 0 Å². The molecule has 3 heteroatoms. The molecular formula is C24H27NO2. The van der Waals surface area contributed by atoms with E-state index in [1.807, 2.05) is 31.3 Å². The van der Waals surface area contributed by atoms with Crippen molar-refractivity contribution in [2.24, 2.45) is 29.6 Å². The number of aromatic nitrogens is 1. The predicted octanol–water partition coefficient (Wildman–Crippen LogP) is 5.23. The molecular weight excluding hydrogens is 334 g/mol. The second-order valence-corrected chi connectivity index (χ2v) is 8.17. The fraction of sp³-hybridized carbons (Fsp3) is 0.417. The number of carbonyl (C=O) groups excluding carboxylic acids is 1. The number of carbonyl (C=O) groups is 1. The van der Waals surface area contributed by atoms with Crippen LogP contribution in [0, 0.1) is 29.6 Å². The number of allylic oxidation sites excluding steroid dienone is 1. The molecule has 0 N–H and O–H groups in total. The Morgan fingerprint density at radius 2 is 1.81 bits per heavy atom. The lowest BCUT2D eigenvalue weighted by atomic mass is 9.62. The lowest BCUT2D eigenvalue weighted by molar-refractivity contribution is -0.144. The molecule has 2 aliphatic rings.